The summed E-state index contributed by atoms with van der Waals surface area (Å²) in [7, 11) is 1.63. The molecule has 100 valence electrons. The van der Waals surface area contributed by atoms with Gasteiger partial charge >= 0.3 is 5.97 Å². The Kier molecular flexibility index (Phi) is 4.76. The van der Waals surface area contributed by atoms with Crippen LogP contribution in [0.5, 0.6) is 5.75 Å². The second kappa shape index (κ2) is 5.89. The Hall–Kier alpha value is -1.51. The van der Waals surface area contributed by atoms with Crippen molar-refractivity contribution in [3.05, 3.63) is 28.8 Å². The molecule has 0 aliphatic heterocycles. The van der Waals surface area contributed by atoms with Crippen molar-refractivity contribution in [3.63, 3.8) is 0 Å². The summed E-state index contributed by atoms with van der Waals surface area (Å²) in [6.45, 7) is 7.88. The van der Waals surface area contributed by atoms with Crippen LogP contribution >= 0.6 is 0 Å². The average Bonchev–Trinajstić information content (AvgIpc) is 2.24. The monoisotopic (exact) mass is 250 g/mol. The molecule has 3 nitrogen and oxygen atoms in total. The molecule has 0 amide bonds. The Bertz CT molecular complexity index is 436. The maximum atomic E-state index is 11.3. The summed E-state index contributed by atoms with van der Waals surface area (Å²) in [6, 6.07) is 4.07. The van der Waals surface area contributed by atoms with Gasteiger partial charge in [-0.25, -0.2) is 0 Å². The molecule has 0 saturated heterocycles. The number of aliphatic carboxylic acids is 1. The van der Waals surface area contributed by atoms with Gasteiger partial charge in [0.2, 0.25) is 0 Å². The fraction of sp³-hybridized carbons (Fsp3) is 0.533. The smallest absolute Gasteiger partial charge is 0.307 e. The van der Waals surface area contributed by atoms with Crippen molar-refractivity contribution in [3.8, 4) is 5.75 Å². The Labute approximate surface area is 109 Å². The predicted octanol–water partition coefficient (Wildman–Crippen LogP) is 3.21. The van der Waals surface area contributed by atoms with Gasteiger partial charge in [0.25, 0.3) is 0 Å². The summed E-state index contributed by atoms with van der Waals surface area (Å²) in [5.74, 6) is -0.202. The number of carbonyl (C=O) groups is 1. The third kappa shape index (κ3) is 3.25. The van der Waals surface area contributed by atoms with Gasteiger partial charge in [-0.3, -0.25) is 4.79 Å². The quantitative estimate of drug-likeness (QED) is 0.872. The molecule has 18 heavy (non-hydrogen) atoms. The van der Waals surface area contributed by atoms with Crippen LogP contribution in [0, 0.1) is 25.7 Å². The van der Waals surface area contributed by atoms with Gasteiger partial charge < -0.3 is 9.84 Å². The highest BCUT2D eigenvalue weighted by Gasteiger charge is 2.23. The lowest BCUT2D eigenvalue weighted by molar-refractivity contribution is -0.143. The van der Waals surface area contributed by atoms with E-state index in [1.807, 2.05) is 39.8 Å². The van der Waals surface area contributed by atoms with Crippen molar-refractivity contribution >= 4 is 5.97 Å². The average molecular weight is 250 g/mol. The Morgan fingerprint density at radius 1 is 1.33 bits per heavy atom. The van der Waals surface area contributed by atoms with Crippen LogP contribution in [0.15, 0.2) is 12.1 Å². The molecule has 0 heterocycles. The van der Waals surface area contributed by atoms with Gasteiger partial charge in [0.15, 0.2) is 0 Å². The van der Waals surface area contributed by atoms with Crippen LogP contribution in [0.3, 0.4) is 0 Å². The maximum Gasteiger partial charge on any atom is 0.307 e. The fourth-order valence-electron chi connectivity index (χ4n) is 2.33. The molecule has 1 aromatic rings. The van der Waals surface area contributed by atoms with Crippen LogP contribution in [-0.4, -0.2) is 18.2 Å². The Morgan fingerprint density at radius 2 is 1.94 bits per heavy atom. The molecule has 0 saturated carbocycles. The molecule has 0 aliphatic rings. The van der Waals surface area contributed by atoms with Gasteiger partial charge in [-0.05, 0) is 37.3 Å². The normalized spacial score (nSPS) is 12.6. The first-order chi connectivity index (χ1) is 8.36. The second-order valence-electron chi connectivity index (χ2n) is 5.17. The van der Waals surface area contributed by atoms with E-state index < -0.39 is 5.97 Å². The molecule has 0 radical (unpaired) electrons. The van der Waals surface area contributed by atoms with Crippen LogP contribution in [0.1, 0.15) is 30.5 Å². The first kappa shape index (κ1) is 14.6. The highest BCUT2D eigenvalue weighted by atomic mass is 16.5. The largest absolute Gasteiger partial charge is 0.496 e. The molecule has 3 heteroatoms. The van der Waals surface area contributed by atoms with Gasteiger partial charge in [0, 0.05) is 0 Å². The van der Waals surface area contributed by atoms with Crippen LogP contribution in [0.25, 0.3) is 0 Å². The molecule has 1 aromatic carbocycles. The minimum atomic E-state index is -0.744. The lowest BCUT2D eigenvalue weighted by atomic mass is 9.88. The SMILES string of the molecule is COc1c(C)cc(C)cc1CC(C(=O)O)C(C)C. The molecule has 1 rings (SSSR count). The molecule has 0 bridgehead atoms. The third-order valence-corrected chi connectivity index (χ3v) is 3.26. The van der Waals surface area contributed by atoms with Gasteiger partial charge in [0.05, 0.1) is 13.0 Å². The number of benzene rings is 1. The molecule has 0 aromatic heterocycles. The van der Waals surface area contributed by atoms with Crippen molar-refractivity contribution in [1.82, 2.24) is 0 Å². The molecule has 0 aliphatic carbocycles. The zero-order chi connectivity index (χ0) is 13.9. The highest BCUT2D eigenvalue weighted by molar-refractivity contribution is 5.71. The summed E-state index contributed by atoms with van der Waals surface area (Å²) in [5.41, 5.74) is 3.17. The molecular formula is C15H22O3. The van der Waals surface area contributed by atoms with Crippen LogP contribution in [0.4, 0.5) is 0 Å². The second-order valence-corrected chi connectivity index (χ2v) is 5.17. The molecule has 0 fully saturated rings. The van der Waals surface area contributed by atoms with E-state index in [-0.39, 0.29) is 11.8 Å². The van der Waals surface area contributed by atoms with Crippen LogP contribution in [-0.2, 0) is 11.2 Å². The molecule has 1 unspecified atom stereocenters. The van der Waals surface area contributed by atoms with E-state index in [0.717, 1.165) is 22.4 Å². The number of aryl methyl sites for hydroxylation is 2. The van der Waals surface area contributed by atoms with Crippen LogP contribution in [0.2, 0.25) is 0 Å². The first-order valence-electron chi connectivity index (χ1n) is 6.23. The topological polar surface area (TPSA) is 46.5 Å². The number of methoxy groups -OCH3 is 1. The van der Waals surface area contributed by atoms with Gasteiger partial charge in [-0.1, -0.05) is 31.5 Å². The number of rotatable bonds is 5. The zero-order valence-corrected chi connectivity index (χ0v) is 11.8. The van der Waals surface area contributed by atoms with E-state index in [4.69, 9.17) is 4.74 Å². The summed E-state index contributed by atoms with van der Waals surface area (Å²) in [4.78, 5) is 11.3. The van der Waals surface area contributed by atoms with E-state index >= 15 is 0 Å². The lowest BCUT2D eigenvalue weighted by Gasteiger charge is -2.19. The maximum absolute atomic E-state index is 11.3. The van der Waals surface area contributed by atoms with Gasteiger partial charge in [0.1, 0.15) is 5.75 Å². The summed E-state index contributed by atoms with van der Waals surface area (Å²) in [6.07, 6.45) is 0.513. The highest BCUT2D eigenvalue weighted by Crippen LogP contribution is 2.29. The van der Waals surface area contributed by atoms with E-state index in [9.17, 15) is 9.90 Å². The van der Waals surface area contributed by atoms with Crippen molar-refractivity contribution in [2.75, 3.05) is 7.11 Å². The number of carboxylic acid groups (broad SMARTS) is 1. The van der Waals surface area contributed by atoms with Gasteiger partial charge in [-0.15, -0.1) is 0 Å². The summed E-state index contributed by atoms with van der Waals surface area (Å²) >= 11 is 0. The number of carboxylic acids is 1. The van der Waals surface area contributed by atoms with E-state index in [1.165, 1.54) is 0 Å². The number of ether oxygens (including phenoxy) is 1. The fourth-order valence-corrected chi connectivity index (χ4v) is 2.33. The standard InChI is InChI=1S/C15H22O3/c1-9(2)13(15(16)17)8-12-7-10(3)6-11(4)14(12)18-5/h6-7,9,13H,8H2,1-5H3,(H,16,17). The van der Waals surface area contributed by atoms with E-state index in [1.54, 1.807) is 7.11 Å². The van der Waals surface area contributed by atoms with E-state index in [2.05, 4.69) is 0 Å². The van der Waals surface area contributed by atoms with Crippen molar-refractivity contribution in [1.29, 1.82) is 0 Å². The minimum Gasteiger partial charge on any atom is -0.496 e. The van der Waals surface area contributed by atoms with Crippen molar-refractivity contribution < 1.29 is 14.6 Å². The molecular weight excluding hydrogens is 228 g/mol. The Balaban J connectivity index is 3.12. The van der Waals surface area contributed by atoms with Crippen LogP contribution < -0.4 is 4.74 Å². The van der Waals surface area contributed by atoms with Crippen molar-refractivity contribution in [2.24, 2.45) is 11.8 Å². The number of hydrogen-bond donors (Lipinski definition) is 1. The van der Waals surface area contributed by atoms with Crippen molar-refractivity contribution in [2.45, 2.75) is 34.1 Å². The minimum absolute atomic E-state index is 0.105. The van der Waals surface area contributed by atoms with E-state index in [0.29, 0.717) is 6.42 Å². The third-order valence-electron chi connectivity index (χ3n) is 3.26. The molecule has 0 spiro atoms. The van der Waals surface area contributed by atoms with Gasteiger partial charge in [-0.2, -0.15) is 0 Å². The predicted molar refractivity (Wildman–Crippen MR) is 72.1 cm³/mol. The lowest BCUT2D eigenvalue weighted by Crippen LogP contribution is -2.22. The Morgan fingerprint density at radius 3 is 2.39 bits per heavy atom. The molecule has 1 N–H and O–H groups in total. The molecule has 1 atom stereocenters. The first-order valence-corrected chi connectivity index (χ1v) is 6.23. The summed E-state index contributed by atoms with van der Waals surface area (Å²) in [5, 5.41) is 9.27. The zero-order valence-electron chi connectivity index (χ0n) is 11.8. The summed E-state index contributed by atoms with van der Waals surface area (Å²) < 4.78 is 5.40. The number of hydrogen-bond acceptors (Lipinski definition) is 2.